The van der Waals surface area contributed by atoms with Crippen molar-refractivity contribution in [1.29, 1.82) is 0 Å². The number of hydrogen-bond acceptors (Lipinski definition) is 3. The van der Waals surface area contributed by atoms with Crippen LogP contribution in [0.15, 0.2) is 42.7 Å². The van der Waals surface area contributed by atoms with E-state index in [1.54, 1.807) is 6.07 Å². The molecule has 1 saturated heterocycles. The van der Waals surface area contributed by atoms with Crippen molar-refractivity contribution in [3.05, 3.63) is 48.5 Å². The molecule has 1 aliphatic rings. The van der Waals surface area contributed by atoms with Crippen LogP contribution >= 0.6 is 0 Å². The lowest BCUT2D eigenvalue weighted by Crippen LogP contribution is -2.43. The van der Waals surface area contributed by atoms with Crippen LogP contribution in [0, 0.1) is 5.82 Å². The summed E-state index contributed by atoms with van der Waals surface area (Å²) in [7, 11) is 0. The Morgan fingerprint density at radius 1 is 1.09 bits per heavy atom. The van der Waals surface area contributed by atoms with Gasteiger partial charge in [0.1, 0.15) is 11.6 Å². The van der Waals surface area contributed by atoms with Gasteiger partial charge in [0.05, 0.1) is 0 Å². The Kier molecular flexibility index (Phi) is 3.27. The molecule has 4 nitrogen and oxygen atoms in total. The van der Waals surface area contributed by atoms with Gasteiger partial charge in [0.15, 0.2) is 0 Å². The maximum Gasteiger partial charge on any atom is 0.128 e. The third-order valence-corrected chi connectivity index (χ3v) is 4.14. The third kappa shape index (κ3) is 2.33. The van der Waals surface area contributed by atoms with Crippen molar-refractivity contribution in [2.24, 2.45) is 0 Å². The molecule has 0 aliphatic carbocycles. The first-order valence-electron chi connectivity index (χ1n) is 7.50. The van der Waals surface area contributed by atoms with Gasteiger partial charge in [-0.1, -0.05) is 0 Å². The van der Waals surface area contributed by atoms with Crippen molar-refractivity contribution in [1.82, 2.24) is 15.3 Å². The fraction of sp³-hybridized carbons (Fsp3) is 0.235. The number of H-pyrrole nitrogens is 1. The molecule has 22 heavy (non-hydrogen) atoms. The molecule has 2 N–H and O–H groups in total. The standard InChI is InChI=1S/C17H17FN4/c18-13-2-3-14-15(11-20-16(14)9-13)12-1-4-17(21-10-12)22-7-5-19-6-8-22/h1-4,9-11,19-20H,5-8H2. The first kappa shape index (κ1) is 13.3. The number of aromatic amines is 1. The molecule has 3 aromatic rings. The van der Waals surface area contributed by atoms with Gasteiger partial charge >= 0.3 is 0 Å². The highest BCUT2D eigenvalue weighted by molar-refractivity contribution is 5.95. The highest BCUT2D eigenvalue weighted by atomic mass is 19.1. The molecule has 1 aliphatic heterocycles. The lowest BCUT2D eigenvalue weighted by atomic mass is 10.1. The minimum atomic E-state index is -0.229. The van der Waals surface area contributed by atoms with Crippen molar-refractivity contribution in [2.45, 2.75) is 0 Å². The highest BCUT2D eigenvalue weighted by Gasteiger charge is 2.12. The van der Waals surface area contributed by atoms with Crippen LogP contribution in [0.5, 0.6) is 0 Å². The van der Waals surface area contributed by atoms with E-state index >= 15 is 0 Å². The van der Waals surface area contributed by atoms with E-state index in [1.807, 2.05) is 12.4 Å². The molecule has 0 saturated carbocycles. The average Bonchev–Trinajstić information content (AvgIpc) is 2.99. The molecule has 2 aromatic heterocycles. The van der Waals surface area contributed by atoms with Crippen LogP contribution in [-0.4, -0.2) is 36.1 Å². The van der Waals surface area contributed by atoms with Crippen LogP contribution < -0.4 is 10.2 Å². The van der Waals surface area contributed by atoms with Gasteiger partial charge < -0.3 is 15.2 Å². The van der Waals surface area contributed by atoms with Gasteiger partial charge in [-0.05, 0) is 30.3 Å². The number of nitrogens with zero attached hydrogens (tertiary/aromatic N) is 2. The van der Waals surface area contributed by atoms with Crippen LogP contribution in [0.25, 0.3) is 22.0 Å². The summed E-state index contributed by atoms with van der Waals surface area (Å²) in [6.45, 7) is 3.96. The van der Waals surface area contributed by atoms with Crippen LogP contribution in [0.3, 0.4) is 0 Å². The Morgan fingerprint density at radius 2 is 1.95 bits per heavy atom. The van der Waals surface area contributed by atoms with Gasteiger partial charge in [-0.25, -0.2) is 9.37 Å². The molecule has 0 radical (unpaired) electrons. The van der Waals surface area contributed by atoms with E-state index < -0.39 is 0 Å². The number of hydrogen-bond donors (Lipinski definition) is 2. The number of piperazine rings is 1. The molecule has 0 unspecified atom stereocenters. The Labute approximate surface area is 128 Å². The second-order valence-electron chi connectivity index (χ2n) is 5.53. The summed E-state index contributed by atoms with van der Waals surface area (Å²) in [5, 5.41) is 4.35. The number of aromatic nitrogens is 2. The second-order valence-corrected chi connectivity index (χ2v) is 5.53. The average molecular weight is 296 g/mol. The number of pyridine rings is 1. The summed E-state index contributed by atoms with van der Waals surface area (Å²) in [6, 6.07) is 8.95. The van der Waals surface area contributed by atoms with E-state index in [0.29, 0.717) is 0 Å². The molecule has 0 amide bonds. The Morgan fingerprint density at radius 3 is 2.73 bits per heavy atom. The van der Waals surface area contributed by atoms with Gasteiger partial charge in [-0.2, -0.15) is 0 Å². The molecular formula is C17H17FN4. The second kappa shape index (κ2) is 5.42. The van der Waals surface area contributed by atoms with Gasteiger partial charge in [-0.3, -0.25) is 0 Å². The van der Waals surface area contributed by atoms with Gasteiger partial charge in [0.25, 0.3) is 0 Å². The molecule has 5 heteroatoms. The minimum Gasteiger partial charge on any atom is -0.360 e. The molecule has 3 heterocycles. The molecule has 0 atom stereocenters. The van der Waals surface area contributed by atoms with Crippen LogP contribution in [0.1, 0.15) is 0 Å². The zero-order valence-corrected chi connectivity index (χ0v) is 12.1. The Balaban J connectivity index is 1.67. The summed E-state index contributed by atoms with van der Waals surface area (Å²) in [4.78, 5) is 9.99. The van der Waals surface area contributed by atoms with E-state index in [2.05, 4.69) is 32.3 Å². The maximum absolute atomic E-state index is 13.3. The van der Waals surface area contributed by atoms with Crippen molar-refractivity contribution < 1.29 is 4.39 Å². The van der Waals surface area contributed by atoms with Crippen molar-refractivity contribution in [2.75, 3.05) is 31.1 Å². The molecular weight excluding hydrogens is 279 g/mol. The quantitative estimate of drug-likeness (QED) is 0.764. The molecule has 4 rings (SSSR count). The molecule has 0 bridgehead atoms. The van der Waals surface area contributed by atoms with Crippen molar-refractivity contribution in [3.63, 3.8) is 0 Å². The van der Waals surface area contributed by atoms with E-state index in [9.17, 15) is 4.39 Å². The Bertz CT molecular complexity index is 788. The number of nitrogens with one attached hydrogen (secondary N) is 2. The molecule has 0 spiro atoms. The maximum atomic E-state index is 13.3. The lowest BCUT2D eigenvalue weighted by Gasteiger charge is -2.28. The van der Waals surface area contributed by atoms with E-state index in [4.69, 9.17) is 0 Å². The molecule has 1 fully saturated rings. The van der Waals surface area contributed by atoms with Gasteiger partial charge in [0, 0.05) is 60.6 Å². The first-order chi connectivity index (χ1) is 10.8. The largest absolute Gasteiger partial charge is 0.360 e. The number of halogens is 1. The van der Waals surface area contributed by atoms with Gasteiger partial charge in [0.2, 0.25) is 0 Å². The SMILES string of the molecule is Fc1ccc2c(-c3ccc(N4CCNCC4)nc3)c[nH]c2c1. The lowest BCUT2D eigenvalue weighted by molar-refractivity contribution is 0.585. The summed E-state index contributed by atoms with van der Waals surface area (Å²) < 4.78 is 13.3. The number of anilines is 1. The fourth-order valence-electron chi connectivity index (χ4n) is 2.96. The summed E-state index contributed by atoms with van der Waals surface area (Å²) in [6.07, 6.45) is 3.80. The predicted octanol–water partition coefficient (Wildman–Crippen LogP) is 2.78. The zero-order valence-electron chi connectivity index (χ0n) is 12.1. The van der Waals surface area contributed by atoms with E-state index in [1.165, 1.54) is 12.1 Å². The zero-order chi connectivity index (χ0) is 14.9. The third-order valence-electron chi connectivity index (χ3n) is 4.14. The molecule has 112 valence electrons. The summed E-state index contributed by atoms with van der Waals surface area (Å²) in [5.74, 6) is 0.782. The highest BCUT2D eigenvalue weighted by Crippen LogP contribution is 2.29. The number of benzene rings is 1. The van der Waals surface area contributed by atoms with Crippen LogP contribution in [0.2, 0.25) is 0 Å². The topological polar surface area (TPSA) is 44.0 Å². The first-order valence-corrected chi connectivity index (χ1v) is 7.50. The van der Waals surface area contributed by atoms with E-state index in [-0.39, 0.29) is 5.82 Å². The van der Waals surface area contributed by atoms with Gasteiger partial charge in [-0.15, -0.1) is 0 Å². The number of rotatable bonds is 2. The predicted molar refractivity (Wildman–Crippen MR) is 86.6 cm³/mol. The minimum absolute atomic E-state index is 0.229. The Hall–Kier alpha value is -2.40. The fourth-order valence-corrected chi connectivity index (χ4v) is 2.96. The summed E-state index contributed by atoms with van der Waals surface area (Å²) >= 11 is 0. The number of fused-ring (bicyclic) bond motifs is 1. The van der Waals surface area contributed by atoms with Crippen molar-refractivity contribution >= 4 is 16.7 Å². The monoisotopic (exact) mass is 296 g/mol. The van der Waals surface area contributed by atoms with Crippen LogP contribution in [0.4, 0.5) is 10.2 Å². The molecule has 1 aromatic carbocycles. The van der Waals surface area contributed by atoms with Crippen molar-refractivity contribution in [3.8, 4) is 11.1 Å². The normalized spacial score (nSPS) is 15.4. The van der Waals surface area contributed by atoms with E-state index in [0.717, 1.165) is 54.0 Å². The smallest absolute Gasteiger partial charge is 0.128 e. The van der Waals surface area contributed by atoms with Crippen LogP contribution in [-0.2, 0) is 0 Å². The summed E-state index contributed by atoms with van der Waals surface area (Å²) in [5.41, 5.74) is 2.90.